The van der Waals surface area contributed by atoms with E-state index in [-0.39, 0.29) is 31.0 Å². The van der Waals surface area contributed by atoms with Crippen LogP contribution in [0.2, 0.25) is 0 Å². The molecule has 2 aromatic carbocycles. The van der Waals surface area contributed by atoms with Crippen LogP contribution in [0.4, 0.5) is 4.79 Å². The number of rotatable bonds is 8. The van der Waals surface area contributed by atoms with Gasteiger partial charge in [-0.15, -0.1) is 0 Å². The summed E-state index contributed by atoms with van der Waals surface area (Å²) in [5, 5.41) is 14.3. The molecule has 8 nitrogen and oxygen atoms in total. The van der Waals surface area contributed by atoms with E-state index in [0.29, 0.717) is 11.8 Å². The highest BCUT2D eigenvalue weighted by molar-refractivity contribution is 5.91. The molecular formula is C30H37N5O3. The number of fused-ring (bicyclic) bond motifs is 1. The van der Waals surface area contributed by atoms with Crippen LogP contribution in [0.3, 0.4) is 0 Å². The molecule has 1 aromatic heterocycles. The Labute approximate surface area is 223 Å². The van der Waals surface area contributed by atoms with E-state index >= 15 is 0 Å². The molecule has 4 bridgehead atoms. The fraction of sp³-hybridized carbons (Fsp3) is 0.500. The molecule has 2 unspecified atom stereocenters. The minimum atomic E-state index is -1.27. The van der Waals surface area contributed by atoms with E-state index in [1.165, 1.54) is 6.42 Å². The van der Waals surface area contributed by atoms with Gasteiger partial charge in [-0.1, -0.05) is 48.5 Å². The van der Waals surface area contributed by atoms with Crippen LogP contribution in [0.15, 0.2) is 54.6 Å². The van der Waals surface area contributed by atoms with Crippen molar-refractivity contribution in [3.8, 4) is 0 Å². The average Bonchev–Trinajstić information content (AvgIpc) is 3.31. The third-order valence-corrected chi connectivity index (χ3v) is 9.04. The van der Waals surface area contributed by atoms with E-state index in [1.54, 1.807) is 6.92 Å². The molecule has 0 aliphatic heterocycles. The van der Waals surface area contributed by atoms with Crippen molar-refractivity contribution in [2.24, 2.45) is 29.4 Å². The molecule has 2 atom stereocenters. The smallest absolute Gasteiger partial charge is 0.408 e. The number of alkyl carbamates (subject to hydrolysis) is 1. The third kappa shape index (κ3) is 4.89. The molecule has 5 N–H and O–H groups in total. The quantitative estimate of drug-likeness (QED) is 0.358. The first-order valence-corrected chi connectivity index (χ1v) is 13.9. The molecule has 4 aliphatic carbocycles. The maximum absolute atomic E-state index is 13.7. The van der Waals surface area contributed by atoms with Gasteiger partial charge in [-0.3, -0.25) is 9.89 Å². The summed E-state index contributed by atoms with van der Waals surface area (Å²) in [5.74, 6) is 2.15. The van der Waals surface area contributed by atoms with Gasteiger partial charge in [-0.25, -0.2) is 4.79 Å². The summed E-state index contributed by atoms with van der Waals surface area (Å²) in [4.78, 5) is 27.0. The van der Waals surface area contributed by atoms with Gasteiger partial charge in [0.25, 0.3) is 0 Å². The second-order valence-electron chi connectivity index (χ2n) is 11.9. The number of ether oxygens (including phenoxy) is 1. The molecule has 4 fully saturated rings. The number of aromatic nitrogens is 2. The van der Waals surface area contributed by atoms with E-state index in [1.807, 2.05) is 54.6 Å². The van der Waals surface area contributed by atoms with Crippen LogP contribution in [0.1, 0.15) is 56.3 Å². The molecule has 200 valence electrons. The number of nitrogens with one attached hydrogen (secondary N) is 3. The SMILES string of the molecule is CC(Cc1[nH]nc2ccccc12)(NC(=O)OC1C2CC3CC(C2)CC1C3)C(=O)NCC(N)c1ccccc1. The number of nitrogens with two attached hydrogens (primary N) is 1. The zero-order valence-corrected chi connectivity index (χ0v) is 21.9. The number of amides is 2. The highest BCUT2D eigenvalue weighted by Crippen LogP contribution is 2.54. The first kappa shape index (κ1) is 24.9. The molecule has 1 heterocycles. The maximum Gasteiger partial charge on any atom is 0.408 e. The largest absolute Gasteiger partial charge is 0.446 e. The Bertz CT molecular complexity index is 1280. The Kier molecular flexibility index (Phi) is 6.60. The third-order valence-electron chi connectivity index (χ3n) is 9.04. The van der Waals surface area contributed by atoms with Gasteiger partial charge in [-0.2, -0.15) is 5.10 Å². The van der Waals surface area contributed by atoms with E-state index in [0.717, 1.165) is 59.7 Å². The predicted octanol–water partition coefficient (Wildman–Crippen LogP) is 4.23. The second kappa shape index (κ2) is 10.1. The number of hydrogen-bond acceptors (Lipinski definition) is 5. The molecule has 4 saturated carbocycles. The summed E-state index contributed by atoms with van der Waals surface area (Å²) in [7, 11) is 0. The standard InChI is InChI=1S/C30H37N5O3/c1-30(16-26-23-9-5-6-10-25(23)34-35-26,28(36)32-17-24(31)20-7-3-2-4-8-20)33-29(37)38-27-21-12-18-11-19(14-21)15-22(27)13-18/h2-10,18-19,21-22,24,27H,11-17,31H2,1H3,(H,32,36)(H,33,37)(H,34,35). The zero-order chi connectivity index (χ0) is 26.3. The summed E-state index contributed by atoms with van der Waals surface area (Å²) in [6, 6.07) is 17.0. The van der Waals surface area contributed by atoms with Gasteiger partial charge in [0.15, 0.2) is 0 Å². The lowest BCUT2D eigenvalue weighted by Crippen LogP contribution is -2.60. The molecule has 0 saturated heterocycles. The fourth-order valence-electron chi connectivity index (χ4n) is 7.35. The summed E-state index contributed by atoms with van der Waals surface area (Å²) < 4.78 is 6.09. The van der Waals surface area contributed by atoms with Crippen LogP contribution in [0.5, 0.6) is 0 Å². The van der Waals surface area contributed by atoms with Crippen LogP contribution in [-0.2, 0) is 16.0 Å². The Morgan fingerprint density at radius 3 is 2.39 bits per heavy atom. The van der Waals surface area contributed by atoms with E-state index < -0.39 is 11.6 Å². The van der Waals surface area contributed by atoms with Crippen LogP contribution in [0.25, 0.3) is 10.9 Å². The van der Waals surface area contributed by atoms with Gasteiger partial charge in [0.1, 0.15) is 11.6 Å². The Morgan fingerprint density at radius 1 is 1.03 bits per heavy atom. The number of para-hydroxylation sites is 1. The lowest BCUT2D eigenvalue weighted by atomic mass is 9.55. The topological polar surface area (TPSA) is 122 Å². The minimum absolute atomic E-state index is 0.0606. The summed E-state index contributed by atoms with van der Waals surface area (Å²) in [5.41, 5.74) is 7.60. The highest BCUT2D eigenvalue weighted by atomic mass is 16.6. The van der Waals surface area contributed by atoms with E-state index in [2.05, 4.69) is 20.8 Å². The monoisotopic (exact) mass is 515 g/mol. The minimum Gasteiger partial charge on any atom is -0.446 e. The van der Waals surface area contributed by atoms with Crippen molar-refractivity contribution in [1.82, 2.24) is 20.8 Å². The average molecular weight is 516 g/mol. The molecule has 4 aliphatic rings. The summed E-state index contributed by atoms with van der Waals surface area (Å²) >= 11 is 0. The fourth-order valence-corrected chi connectivity index (χ4v) is 7.35. The highest BCUT2D eigenvalue weighted by Gasteiger charge is 2.50. The zero-order valence-electron chi connectivity index (χ0n) is 21.9. The van der Waals surface area contributed by atoms with Crippen molar-refractivity contribution in [3.05, 3.63) is 65.9 Å². The molecule has 7 rings (SSSR count). The predicted molar refractivity (Wildman–Crippen MR) is 145 cm³/mol. The number of benzene rings is 2. The van der Waals surface area contributed by atoms with Gasteiger partial charge >= 0.3 is 6.09 Å². The lowest BCUT2D eigenvalue weighted by Gasteiger charge is -2.53. The number of hydrogen-bond donors (Lipinski definition) is 4. The van der Waals surface area contributed by atoms with Crippen LogP contribution < -0.4 is 16.4 Å². The van der Waals surface area contributed by atoms with Crippen LogP contribution in [0, 0.1) is 23.7 Å². The molecule has 38 heavy (non-hydrogen) atoms. The first-order chi connectivity index (χ1) is 18.4. The van der Waals surface area contributed by atoms with Crippen LogP contribution in [-0.4, -0.2) is 40.4 Å². The van der Waals surface area contributed by atoms with Crippen molar-refractivity contribution in [1.29, 1.82) is 0 Å². The Balaban J connectivity index is 1.18. The number of aromatic amines is 1. The lowest BCUT2D eigenvalue weighted by molar-refractivity contribution is -0.127. The number of H-pyrrole nitrogens is 1. The molecule has 2 amide bonds. The van der Waals surface area contributed by atoms with Crippen molar-refractivity contribution in [3.63, 3.8) is 0 Å². The van der Waals surface area contributed by atoms with E-state index in [9.17, 15) is 9.59 Å². The normalized spacial score (nSPS) is 28.0. The van der Waals surface area contributed by atoms with Gasteiger partial charge in [-0.05, 0) is 74.3 Å². The molecular weight excluding hydrogens is 478 g/mol. The second-order valence-corrected chi connectivity index (χ2v) is 11.9. The maximum atomic E-state index is 13.7. The van der Waals surface area contributed by atoms with Gasteiger partial charge in [0, 0.05) is 30.1 Å². The summed E-state index contributed by atoms with van der Waals surface area (Å²) in [6.45, 7) is 1.98. The van der Waals surface area contributed by atoms with Crippen molar-refractivity contribution in [2.75, 3.05) is 6.54 Å². The van der Waals surface area contributed by atoms with Crippen molar-refractivity contribution >= 4 is 22.9 Å². The number of nitrogens with zero attached hydrogens (tertiary/aromatic N) is 1. The molecule has 0 spiro atoms. The van der Waals surface area contributed by atoms with Gasteiger partial charge < -0.3 is 21.1 Å². The summed E-state index contributed by atoms with van der Waals surface area (Å²) in [6.07, 6.45) is 5.59. The molecule has 8 heteroatoms. The molecule has 0 radical (unpaired) electrons. The van der Waals surface area contributed by atoms with Crippen LogP contribution >= 0.6 is 0 Å². The number of carbonyl (C=O) groups is 2. The Hall–Kier alpha value is -3.39. The van der Waals surface area contributed by atoms with Crippen molar-refractivity contribution in [2.45, 2.75) is 63.1 Å². The molecule has 3 aromatic rings. The Morgan fingerprint density at radius 2 is 1.68 bits per heavy atom. The number of carbonyl (C=O) groups excluding carboxylic acids is 2. The van der Waals surface area contributed by atoms with Crippen molar-refractivity contribution < 1.29 is 14.3 Å². The van der Waals surface area contributed by atoms with Gasteiger partial charge in [0.05, 0.1) is 5.52 Å². The van der Waals surface area contributed by atoms with Gasteiger partial charge in [0.2, 0.25) is 5.91 Å². The van der Waals surface area contributed by atoms with E-state index in [4.69, 9.17) is 10.5 Å². The first-order valence-electron chi connectivity index (χ1n) is 13.9.